The normalized spacial score (nSPS) is 10.6. The number of aromatic hydroxyl groups is 1. The van der Waals surface area contributed by atoms with Gasteiger partial charge in [-0.05, 0) is 34.5 Å². The van der Waals surface area contributed by atoms with E-state index in [1.54, 1.807) is 6.07 Å². The van der Waals surface area contributed by atoms with Gasteiger partial charge in [0.1, 0.15) is 5.75 Å². The average Bonchev–Trinajstić information content (AvgIpc) is 2.54. The second-order valence-electron chi connectivity index (χ2n) is 4.98. The van der Waals surface area contributed by atoms with Crippen LogP contribution in [0.3, 0.4) is 0 Å². The summed E-state index contributed by atoms with van der Waals surface area (Å²) in [5.74, 6) is -0.437. The molecular weight excluding hydrogens is 298 g/mol. The molecule has 110 valence electrons. The van der Waals surface area contributed by atoms with Crippen LogP contribution in [0.1, 0.15) is 15.9 Å². The van der Waals surface area contributed by atoms with Crippen LogP contribution >= 0.6 is 11.6 Å². The van der Waals surface area contributed by atoms with Gasteiger partial charge in [0.15, 0.2) is 0 Å². The van der Waals surface area contributed by atoms with Crippen LogP contribution in [-0.2, 0) is 6.54 Å². The quantitative estimate of drug-likeness (QED) is 0.764. The third-order valence-corrected chi connectivity index (χ3v) is 3.76. The lowest BCUT2D eigenvalue weighted by atomic mass is 10.0. The van der Waals surface area contributed by atoms with Gasteiger partial charge >= 0.3 is 0 Å². The van der Waals surface area contributed by atoms with Crippen LogP contribution < -0.4 is 5.32 Å². The Morgan fingerprint density at radius 2 is 1.82 bits per heavy atom. The first-order chi connectivity index (χ1) is 10.6. The molecule has 0 unspecified atom stereocenters. The van der Waals surface area contributed by atoms with Gasteiger partial charge in [-0.25, -0.2) is 0 Å². The first-order valence-electron chi connectivity index (χ1n) is 6.88. The topological polar surface area (TPSA) is 49.3 Å². The number of benzene rings is 3. The van der Waals surface area contributed by atoms with Crippen molar-refractivity contribution in [3.63, 3.8) is 0 Å². The molecule has 1 amide bonds. The number of carbonyl (C=O) groups excluding carboxylic acids is 1. The molecule has 3 rings (SSSR count). The Labute approximate surface area is 133 Å². The zero-order chi connectivity index (χ0) is 15.5. The molecule has 0 atom stereocenters. The van der Waals surface area contributed by atoms with Crippen molar-refractivity contribution in [2.75, 3.05) is 0 Å². The Balaban J connectivity index is 1.82. The highest BCUT2D eigenvalue weighted by Crippen LogP contribution is 2.22. The molecule has 0 bridgehead atoms. The fraction of sp³-hybridized carbons (Fsp3) is 0.0556. The van der Waals surface area contributed by atoms with E-state index in [2.05, 4.69) is 5.32 Å². The lowest BCUT2D eigenvalue weighted by Gasteiger charge is -2.09. The van der Waals surface area contributed by atoms with E-state index in [4.69, 9.17) is 11.6 Å². The summed E-state index contributed by atoms with van der Waals surface area (Å²) in [6.07, 6.45) is 0. The largest absolute Gasteiger partial charge is 0.507 e. The Morgan fingerprint density at radius 3 is 2.68 bits per heavy atom. The zero-order valence-electron chi connectivity index (χ0n) is 11.7. The van der Waals surface area contributed by atoms with E-state index in [1.165, 1.54) is 12.1 Å². The number of nitrogens with one attached hydrogen (secondary N) is 1. The molecular formula is C18H14ClNO2. The molecule has 3 nitrogen and oxygen atoms in total. The minimum atomic E-state index is -0.354. The summed E-state index contributed by atoms with van der Waals surface area (Å²) in [5.41, 5.74) is 1.20. The molecule has 0 spiro atoms. The monoisotopic (exact) mass is 311 g/mol. The highest BCUT2D eigenvalue weighted by Gasteiger charge is 2.12. The summed E-state index contributed by atoms with van der Waals surface area (Å²) in [4.78, 5) is 12.2. The molecule has 0 fully saturated rings. The predicted molar refractivity (Wildman–Crippen MR) is 88.2 cm³/mol. The van der Waals surface area contributed by atoms with E-state index in [-0.39, 0.29) is 17.2 Å². The van der Waals surface area contributed by atoms with Crippen LogP contribution in [0.15, 0.2) is 60.7 Å². The molecule has 3 aromatic rings. The highest BCUT2D eigenvalue weighted by atomic mass is 35.5. The molecule has 0 aliphatic rings. The number of phenolic OH excluding ortho intramolecular Hbond substituents is 1. The second kappa shape index (κ2) is 6.08. The molecule has 2 N–H and O–H groups in total. The number of halogens is 1. The van der Waals surface area contributed by atoms with Crippen molar-refractivity contribution in [3.8, 4) is 5.75 Å². The van der Waals surface area contributed by atoms with Crippen LogP contribution in [0.2, 0.25) is 5.02 Å². The molecule has 22 heavy (non-hydrogen) atoms. The molecule has 3 aromatic carbocycles. The number of fused-ring (bicyclic) bond motifs is 1. The predicted octanol–water partition coefficient (Wildman–Crippen LogP) is 4.13. The Morgan fingerprint density at radius 1 is 1.05 bits per heavy atom. The van der Waals surface area contributed by atoms with Gasteiger partial charge in [-0.2, -0.15) is 0 Å². The molecule has 0 aliphatic heterocycles. The number of hydrogen-bond acceptors (Lipinski definition) is 2. The minimum absolute atomic E-state index is 0.0835. The Hall–Kier alpha value is -2.52. The average molecular weight is 312 g/mol. The van der Waals surface area contributed by atoms with Gasteiger partial charge in [0.2, 0.25) is 0 Å². The van der Waals surface area contributed by atoms with Gasteiger partial charge in [-0.15, -0.1) is 0 Å². The van der Waals surface area contributed by atoms with E-state index >= 15 is 0 Å². The van der Waals surface area contributed by atoms with Gasteiger partial charge in [-0.1, -0.05) is 54.1 Å². The zero-order valence-corrected chi connectivity index (χ0v) is 12.5. The van der Waals surface area contributed by atoms with Gasteiger partial charge in [0.25, 0.3) is 5.91 Å². The maximum atomic E-state index is 12.2. The molecule has 0 radical (unpaired) electrons. The van der Waals surface area contributed by atoms with E-state index in [1.807, 2.05) is 42.5 Å². The lowest BCUT2D eigenvalue weighted by Crippen LogP contribution is -2.23. The molecule has 4 heteroatoms. The summed E-state index contributed by atoms with van der Waals surface area (Å²) < 4.78 is 0. The van der Waals surface area contributed by atoms with Crippen LogP contribution in [0.5, 0.6) is 5.75 Å². The summed E-state index contributed by atoms with van der Waals surface area (Å²) in [5, 5.41) is 15.2. The fourth-order valence-corrected chi connectivity index (χ4v) is 2.58. The standard InChI is InChI=1S/C18H14ClNO2/c19-14-8-9-17(21)16(10-14)18(22)20-11-13-6-3-5-12-4-1-2-7-15(12)13/h1-10,21H,11H2,(H,20,22). The third kappa shape index (κ3) is 2.90. The second-order valence-corrected chi connectivity index (χ2v) is 5.42. The van der Waals surface area contributed by atoms with E-state index in [0.717, 1.165) is 16.3 Å². The van der Waals surface area contributed by atoms with Crippen LogP contribution in [-0.4, -0.2) is 11.0 Å². The van der Waals surface area contributed by atoms with Crippen molar-refractivity contribution >= 4 is 28.3 Å². The Kier molecular flexibility index (Phi) is 3.98. The molecule has 0 heterocycles. The third-order valence-electron chi connectivity index (χ3n) is 3.52. The van der Waals surface area contributed by atoms with Crippen LogP contribution in [0, 0.1) is 0 Å². The number of phenols is 1. The summed E-state index contributed by atoms with van der Waals surface area (Å²) in [6.45, 7) is 0.381. The van der Waals surface area contributed by atoms with Crippen molar-refractivity contribution in [1.82, 2.24) is 5.32 Å². The highest BCUT2D eigenvalue weighted by molar-refractivity contribution is 6.31. The smallest absolute Gasteiger partial charge is 0.255 e. The van der Waals surface area contributed by atoms with Crippen molar-refractivity contribution in [3.05, 3.63) is 76.8 Å². The molecule has 0 saturated carbocycles. The van der Waals surface area contributed by atoms with Crippen LogP contribution in [0.4, 0.5) is 0 Å². The van der Waals surface area contributed by atoms with Gasteiger partial charge < -0.3 is 10.4 Å². The van der Waals surface area contributed by atoms with E-state index in [0.29, 0.717) is 11.6 Å². The summed E-state index contributed by atoms with van der Waals surface area (Å²) >= 11 is 5.87. The van der Waals surface area contributed by atoms with Gasteiger partial charge in [0.05, 0.1) is 5.56 Å². The van der Waals surface area contributed by atoms with Crippen molar-refractivity contribution in [2.45, 2.75) is 6.54 Å². The van der Waals surface area contributed by atoms with Gasteiger partial charge in [-0.3, -0.25) is 4.79 Å². The minimum Gasteiger partial charge on any atom is -0.507 e. The number of hydrogen-bond donors (Lipinski definition) is 2. The van der Waals surface area contributed by atoms with Crippen molar-refractivity contribution in [1.29, 1.82) is 0 Å². The van der Waals surface area contributed by atoms with Crippen molar-refractivity contribution < 1.29 is 9.90 Å². The molecule has 0 aliphatic carbocycles. The summed E-state index contributed by atoms with van der Waals surface area (Å²) in [6, 6.07) is 18.4. The fourth-order valence-electron chi connectivity index (χ4n) is 2.41. The first-order valence-corrected chi connectivity index (χ1v) is 7.26. The summed E-state index contributed by atoms with van der Waals surface area (Å²) in [7, 11) is 0. The maximum absolute atomic E-state index is 12.2. The number of amides is 1. The number of carbonyl (C=O) groups is 1. The first kappa shape index (κ1) is 14.4. The lowest BCUT2D eigenvalue weighted by molar-refractivity contribution is 0.0948. The molecule has 0 aromatic heterocycles. The van der Waals surface area contributed by atoms with E-state index in [9.17, 15) is 9.90 Å². The van der Waals surface area contributed by atoms with E-state index < -0.39 is 0 Å². The number of rotatable bonds is 3. The van der Waals surface area contributed by atoms with Crippen molar-refractivity contribution in [2.24, 2.45) is 0 Å². The van der Waals surface area contributed by atoms with Crippen LogP contribution in [0.25, 0.3) is 10.8 Å². The Bertz CT molecular complexity index is 840. The van der Waals surface area contributed by atoms with Gasteiger partial charge in [0, 0.05) is 11.6 Å². The maximum Gasteiger partial charge on any atom is 0.255 e. The SMILES string of the molecule is O=C(NCc1cccc2ccccc12)c1cc(Cl)ccc1O. The molecule has 0 saturated heterocycles.